The highest BCUT2D eigenvalue weighted by Gasteiger charge is 2.50. The molecule has 3 unspecified atom stereocenters. The van der Waals surface area contributed by atoms with Gasteiger partial charge in [0.05, 0.1) is 13.6 Å². The molecule has 0 saturated heterocycles. The fourth-order valence-electron chi connectivity index (χ4n) is 6.46. The van der Waals surface area contributed by atoms with Crippen molar-refractivity contribution in [3.05, 3.63) is 35.5 Å². The van der Waals surface area contributed by atoms with Crippen molar-refractivity contribution in [2.45, 2.75) is 104 Å². The lowest BCUT2D eigenvalue weighted by Crippen LogP contribution is -2.36. The molecule has 2 heteroatoms. The second-order valence-electron chi connectivity index (χ2n) is 10.6. The number of hydrogen-bond donors (Lipinski definition) is 2. The Morgan fingerprint density at radius 3 is 2.83 bits per heavy atom. The fraction of sp³-hybridized carbons (Fsp3) is 0.778. The van der Waals surface area contributed by atoms with Crippen LogP contribution in [-0.4, -0.2) is 23.8 Å². The summed E-state index contributed by atoms with van der Waals surface area (Å²) in [5.74, 6) is 2.93. The molecule has 0 spiro atoms. The summed E-state index contributed by atoms with van der Waals surface area (Å²) < 4.78 is 23.6. The zero-order chi connectivity index (χ0) is 23.7. The molecule has 0 amide bonds. The van der Waals surface area contributed by atoms with Crippen molar-refractivity contribution in [3.8, 4) is 0 Å². The first-order valence-corrected chi connectivity index (χ1v) is 11.9. The smallest absolute Gasteiger partial charge is 0.210 e. The first-order chi connectivity index (χ1) is 15.0. The van der Waals surface area contributed by atoms with Crippen LogP contribution >= 0.6 is 0 Å². The van der Waals surface area contributed by atoms with Crippen LogP contribution in [0.3, 0.4) is 0 Å². The third-order valence-corrected chi connectivity index (χ3v) is 8.14. The Morgan fingerprint density at radius 2 is 2.10 bits per heavy atom. The van der Waals surface area contributed by atoms with Gasteiger partial charge in [-0.05, 0) is 78.8 Å². The van der Waals surface area contributed by atoms with E-state index in [1.165, 1.54) is 50.5 Å². The Kier molecular flexibility index (Phi) is 6.19. The van der Waals surface area contributed by atoms with Gasteiger partial charge in [-0.1, -0.05) is 71.3 Å². The topological polar surface area (TPSA) is 40.5 Å². The maximum atomic E-state index is 10.4. The van der Waals surface area contributed by atoms with Gasteiger partial charge in [0.15, 0.2) is 0 Å². The number of aliphatic hydroxyl groups is 2. The summed E-state index contributed by atoms with van der Waals surface area (Å²) in [4.78, 5) is 0. The van der Waals surface area contributed by atoms with Crippen LogP contribution in [0.25, 0.3) is 0 Å². The van der Waals surface area contributed by atoms with Gasteiger partial charge >= 0.3 is 0 Å². The van der Waals surface area contributed by atoms with Crippen molar-refractivity contribution in [3.63, 3.8) is 0 Å². The number of allylic oxidation sites excluding steroid dienone is 3. The zero-order valence-corrected chi connectivity index (χ0v) is 19.0. The Morgan fingerprint density at radius 1 is 1.31 bits per heavy atom. The second-order valence-corrected chi connectivity index (χ2v) is 10.6. The van der Waals surface area contributed by atoms with Crippen molar-refractivity contribution in [2.24, 2.45) is 29.1 Å². The minimum Gasteiger partial charge on any atom is -0.393 e. The van der Waals surface area contributed by atoms with Gasteiger partial charge in [0.1, 0.15) is 0 Å². The maximum absolute atomic E-state index is 10.4. The molecule has 2 nitrogen and oxygen atoms in total. The molecule has 7 atom stereocenters. The molecule has 0 aromatic heterocycles. The van der Waals surface area contributed by atoms with Gasteiger partial charge in [-0.2, -0.15) is 0 Å². The van der Waals surface area contributed by atoms with Crippen molar-refractivity contribution in [2.75, 3.05) is 0 Å². The van der Waals surface area contributed by atoms with Gasteiger partial charge in [0.25, 0.3) is 0 Å². The van der Waals surface area contributed by atoms with Gasteiger partial charge in [0, 0.05) is 7.77 Å². The number of fused-ring (bicyclic) bond motifs is 1. The van der Waals surface area contributed by atoms with Crippen molar-refractivity contribution < 1.29 is 13.0 Å². The normalized spacial score (nSPS) is 45.9. The maximum Gasteiger partial charge on any atom is 0.210 e. The first-order valence-electron chi connectivity index (χ1n) is 13.4. The molecule has 2 N–H and O–H groups in total. The van der Waals surface area contributed by atoms with E-state index < -0.39 is 18.6 Å². The molecule has 3 aliphatic carbocycles. The molecule has 29 heavy (non-hydrogen) atoms. The Bertz CT molecular complexity index is 745. The quantitative estimate of drug-likeness (QED) is 0.503. The van der Waals surface area contributed by atoms with E-state index in [2.05, 4.69) is 45.5 Å². The van der Waals surface area contributed by atoms with E-state index in [0.29, 0.717) is 16.9 Å². The summed E-state index contributed by atoms with van der Waals surface area (Å²) in [7, 11) is 0. The molecule has 0 heterocycles. The molecule has 164 valence electrons. The van der Waals surface area contributed by atoms with Crippen molar-refractivity contribution in [1.82, 2.24) is 0 Å². The lowest BCUT2D eigenvalue weighted by atomic mass is 9.60. The van der Waals surface area contributed by atoms with Gasteiger partial charge in [-0.25, -0.2) is 0 Å². The molecule has 0 bridgehead atoms. The summed E-state index contributed by atoms with van der Waals surface area (Å²) >= 11 is 0. The number of aliphatic hydroxyl groups excluding tert-OH is 1. The van der Waals surface area contributed by atoms with E-state index in [4.69, 9.17) is 4.17 Å². The molecule has 0 aromatic rings. The highest BCUT2D eigenvalue weighted by molar-refractivity contribution is 5.38. The predicted octanol–water partition coefficient (Wildman–Crippen LogP) is 6.59. The van der Waals surface area contributed by atoms with Crippen LogP contribution in [0, 0.1) is 29.1 Å². The molecule has 0 aromatic carbocycles. The summed E-state index contributed by atoms with van der Waals surface area (Å²) in [6.07, 6.45) is 10.3. The van der Waals surface area contributed by atoms with Gasteiger partial charge in [-0.3, -0.25) is 0 Å². The van der Waals surface area contributed by atoms with Crippen molar-refractivity contribution >= 4 is 0 Å². The van der Waals surface area contributed by atoms with Crippen molar-refractivity contribution in [1.29, 1.82) is 1.43 Å². The zero-order valence-electron chi connectivity index (χ0n) is 22.0. The molecular formula is C27H44O2. The fourth-order valence-corrected chi connectivity index (χ4v) is 6.46. The Hall–Kier alpha value is -0.860. The van der Waals surface area contributed by atoms with Gasteiger partial charge in [-0.15, -0.1) is 0 Å². The lowest BCUT2D eigenvalue weighted by Gasteiger charge is -2.44. The summed E-state index contributed by atoms with van der Waals surface area (Å²) in [6.45, 7) is 13.6. The molecule has 3 fully saturated rings. The van der Waals surface area contributed by atoms with Crippen LogP contribution in [0.2, 0.25) is 0 Å². The molecular weight excluding hydrogens is 356 g/mol. The average Bonchev–Trinajstić information content (AvgIpc) is 3.11. The van der Waals surface area contributed by atoms with Crippen LogP contribution < -0.4 is 0 Å². The first kappa shape index (κ1) is 18.9. The number of rotatable bonds is 7. The highest BCUT2D eigenvalue weighted by atomic mass is 16.3. The van der Waals surface area contributed by atoms with Crippen LogP contribution in [0.15, 0.2) is 35.5 Å². The molecule has 3 saturated carbocycles. The highest BCUT2D eigenvalue weighted by Crippen LogP contribution is 2.59. The molecule has 3 aliphatic rings. The van der Waals surface area contributed by atoms with E-state index in [-0.39, 0.29) is 6.42 Å². The Balaban J connectivity index is 1.76. The lowest BCUT2D eigenvalue weighted by molar-refractivity contribution is 0.0861. The van der Waals surface area contributed by atoms with E-state index in [0.717, 1.165) is 29.7 Å². The van der Waals surface area contributed by atoms with Crippen LogP contribution in [0.1, 0.15) is 94.6 Å². The summed E-state index contributed by atoms with van der Waals surface area (Å²) in [5, 5.41) is 15.0. The second kappa shape index (κ2) is 9.52. The van der Waals surface area contributed by atoms with Crippen LogP contribution in [-0.2, 0) is 0 Å². The monoisotopic (exact) mass is 403 g/mol. The molecule has 0 aliphatic heterocycles. The van der Waals surface area contributed by atoms with Crippen LogP contribution in [0.5, 0.6) is 0 Å². The van der Waals surface area contributed by atoms with E-state index >= 15 is 0 Å². The van der Waals surface area contributed by atoms with Crippen LogP contribution in [0.4, 0.5) is 0 Å². The minimum absolute atomic E-state index is 0.113. The van der Waals surface area contributed by atoms with Gasteiger partial charge < -0.3 is 10.2 Å². The van der Waals surface area contributed by atoms with E-state index in [1.807, 2.05) is 6.08 Å². The minimum atomic E-state index is -1.75. The molecule has 3 rings (SSSR count). The average molecular weight is 404 g/mol. The standard InChI is InChI=1S/C27H44O2/c1-18(2)8-6-9-19(3)24-13-14-25-21(10-7-15-27(24,25)5)11-12-22-16-23(28)17-26(29)20(22)4/h11-12,18-19,23-26,28-29H,4,6-10,13-17H2,1-3,5H3/b21-11?,22-12-/t19-,23-,24-,25?,26?,27-/m1/s1/i17D,23D,28D/t17?,19-,23-,24-,25?,26?,27-. The SMILES string of the molecule is [2H]O[C@]1([2H])C/C(=C/C=C2CCC[C@@]3(C)C2CC[C@@H]3[C@H](C)CCCC(C)C)C(=C)C(O)C1[2H]. The van der Waals surface area contributed by atoms with E-state index in [9.17, 15) is 5.11 Å². The largest absolute Gasteiger partial charge is 0.393 e. The molecule has 0 radical (unpaired) electrons. The van der Waals surface area contributed by atoms with Gasteiger partial charge in [0.2, 0.25) is 1.43 Å². The van der Waals surface area contributed by atoms with E-state index in [1.54, 1.807) is 0 Å². The Labute approximate surface area is 183 Å². The third-order valence-electron chi connectivity index (χ3n) is 8.14. The number of hydrogen-bond acceptors (Lipinski definition) is 2. The third kappa shape index (κ3) is 5.07. The predicted molar refractivity (Wildman–Crippen MR) is 123 cm³/mol. The summed E-state index contributed by atoms with van der Waals surface area (Å²) in [6, 6.07) is 0. The summed E-state index contributed by atoms with van der Waals surface area (Å²) in [5.41, 5.74) is 3.07.